The third kappa shape index (κ3) is 2.59. The van der Waals surface area contributed by atoms with Gasteiger partial charge in [0, 0.05) is 11.5 Å². The van der Waals surface area contributed by atoms with Crippen LogP contribution >= 0.6 is 11.6 Å². The van der Waals surface area contributed by atoms with E-state index in [1.54, 1.807) is 6.07 Å². The first-order chi connectivity index (χ1) is 11.7. The van der Waals surface area contributed by atoms with E-state index in [1.165, 1.54) is 0 Å². The van der Waals surface area contributed by atoms with Crippen LogP contribution in [0.2, 0.25) is 5.02 Å². The molecule has 2 aliphatic rings. The molecule has 2 aromatic rings. The van der Waals surface area contributed by atoms with Crippen molar-refractivity contribution in [2.75, 3.05) is 11.9 Å². The van der Waals surface area contributed by atoms with E-state index in [1.807, 2.05) is 36.4 Å². The van der Waals surface area contributed by atoms with Gasteiger partial charge in [0.05, 0.1) is 35.6 Å². The zero-order valence-electron chi connectivity index (χ0n) is 13.1. The van der Waals surface area contributed by atoms with E-state index in [9.17, 15) is 9.50 Å². The van der Waals surface area contributed by atoms with E-state index in [0.29, 0.717) is 5.69 Å². The van der Waals surface area contributed by atoms with Crippen LogP contribution in [0.15, 0.2) is 42.5 Å². The van der Waals surface area contributed by atoms with Crippen molar-refractivity contribution in [2.45, 2.75) is 31.1 Å². The Morgan fingerprint density at radius 2 is 1.96 bits per heavy atom. The second-order valence-corrected chi connectivity index (χ2v) is 6.87. The smallest absolute Gasteiger partial charge is 0.165 e. The molecule has 4 atom stereocenters. The number of nitrogens with one attached hydrogen (secondary N) is 1. The number of ether oxygens (including phenoxy) is 1. The van der Waals surface area contributed by atoms with Crippen LogP contribution in [0.4, 0.5) is 10.1 Å². The topological polar surface area (TPSA) is 41.5 Å². The van der Waals surface area contributed by atoms with Gasteiger partial charge in [0.15, 0.2) is 5.82 Å². The van der Waals surface area contributed by atoms with Crippen LogP contribution < -0.4 is 5.32 Å². The molecule has 0 amide bonds. The van der Waals surface area contributed by atoms with Gasteiger partial charge in [-0.05, 0) is 24.5 Å². The third-order valence-corrected chi connectivity index (χ3v) is 5.37. The van der Waals surface area contributed by atoms with Crippen molar-refractivity contribution in [1.82, 2.24) is 0 Å². The Bertz CT molecular complexity index is 740. The highest BCUT2D eigenvalue weighted by atomic mass is 35.5. The largest absolute Gasteiger partial charge is 0.394 e. The highest BCUT2D eigenvalue weighted by Crippen LogP contribution is 2.51. The SMILES string of the molecule is OC[C@H]1CC[C@@H]2[C@H](O1)c1ccc(Cl)c(F)c1N[C@H]2c1ccccc1. The van der Waals surface area contributed by atoms with Crippen molar-refractivity contribution in [3.05, 3.63) is 64.4 Å². The molecule has 0 spiro atoms. The number of hydrogen-bond acceptors (Lipinski definition) is 3. The predicted molar refractivity (Wildman–Crippen MR) is 91.6 cm³/mol. The van der Waals surface area contributed by atoms with Crippen LogP contribution in [0, 0.1) is 11.7 Å². The van der Waals surface area contributed by atoms with Gasteiger partial charge < -0.3 is 15.2 Å². The molecule has 5 heteroatoms. The third-order valence-electron chi connectivity index (χ3n) is 5.07. The van der Waals surface area contributed by atoms with Crippen LogP contribution in [0.5, 0.6) is 0 Å². The van der Waals surface area contributed by atoms with Crippen molar-refractivity contribution in [3.63, 3.8) is 0 Å². The Morgan fingerprint density at radius 3 is 2.71 bits per heavy atom. The summed E-state index contributed by atoms with van der Waals surface area (Å²) >= 11 is 5.97. The van der Waals surface area contributed by atoms with E-state index < -0.39 is 5.82 Å². The molecule has 126 valence electrons. The second kappa shape index (κ2) is 6.36. The maximum Gasteiger partial charge on any atom is 0.165 e. The summed E-state index contributed by atoms with van der Waals surface area (Å²) in [5, 5.41) is 12.9. The van der Waals surface area contributed by atoms with Crippen molar-refractivity contribution < 1.29 is 14.2 Å². The van der Waals surface area contributed by atoms with E-state index >= 15 is 0 Å². The highest BCUT2D eigenvalue weighted by molar-refractivity contribution is 6.31. The fraction of sp³-hybridized carbons (Fsp3) is 0.368. The van der Waals surface area contributed by atoms with Gasteiger partial charge in [-0.2, -0.15) is 0 Å². The average molecular weight is 348 g/mol. The number of aliphatic hydroxyl groups is 1. The first-order valence-corrected chi connectivity index (χ1v) is 8.62. The molecule has 2 heterocycles. The average Bonchev–Trinajstić information content (AvgIpc) is 2.64. The molecule has 4 rings (SSSR count). The minimum atomic E-state index is -0.441. The number of rotatable bonds is 2. The van der Waals surface area contributed by atoms with Crippen LogP contribution in [-0.2, 0) is 4.74 Å². The summed E-state index contributed by atoms with van der Waals surface area (Å²) in [7, 11) is 0. The van der Waals surface area contributed by atoms with E-state index in [2.05, 4.69) is 5.32 Å². The highest BCUT2D eigenvalue weighted by Gasteiger charge is 2.43. The Labute approximate surface area is 145 Å². The van der Waals surface area contributed by atoms with Crippen molar-refractivity contribution in [2.24, 2.45) is 5.92 Å². The van der Waals surface area contributed by atoms with Gasteiger partial charge in [0.25, 0.3) is 0 Å². The van der Waals surface area contributed by atoms with Crippen molar-refractivity contribution in [1.29, 1.82) is 0 Å². The number of anilines is 1. The summed E-state index contributed by atoms with van der Waals surface area (Å²) in [5.41, 5.74) is 2.30. The maximum absolute atomic E-state index is 14.6. The van der Waals surface area contributed by atoms with Crippen molar-refractivity contribution >= 4 is 17.3 Å². The molecule has 2 N–H and O–H groups in total. The Morgan fingerprint density at radius 1 is 1.17 bits per heavy atom. The summed E-state index contributed by atoms with van der Waals surface area (Å²) in [5.74, 6) is -0.258. The minimum absolute atomic E-state index is 0.0158. The molecule has 0 aromatic heterocycles. The first kappa shape index (κ1) is 15.9. The molecular formula is C19H19ClFNO2. The fourth-order valence-corrected chi connectivity index (χ4v) is 4.05. The molecule has 0 aliphatic carbocycles. The Kier molecular flexibility index (Phi) is 4.21. The molecule has 0 bridgehead atoms. The van der Waals surface area contributed by atoms with Gasteiger partial charge in [-0.1, -0.05) is 48.0 Å². The molecule has 0 saturated carbocycles. The maximum atomic E-state index is 14.6. The lowest BCUT2D eigenvalue weighted by atomic mass is 9.76. The lowest BCUT2D eigenvalue weighted by Crippen LogP contribution is -2.40. The zero-order valence-corrected chi connectivity index (χ0v) is 13.8. The molecule has 3 nitrogen and oxygen atoms in total. The predicted octanol–water partition coefficient (Wildman–Crippen LogP) is 4.47. The molecule has 2 aliphatic heterocycles. The molecule has 0 unspecified atom stereocenters. The Balaban J connectivity index is 1.80. The second-order valence-electron chi connectivity index (χ2n) is 6.46. The van der Waals surface area contributed by atoms with Gasteiger partial charge in [0.2, 0.25) is 0 Å². The van der Waals surface area contributed by atoms with Crippen molar-refractivity contribution in [3.8, 4) is 0 Å². The molecule has 1 fully saturated rings. The fourth-order valence-electron chi connectivity index (χ4n) is 3.89. The van der Waals surface area contributed by atoms with Crippen LogP contribution in [0.1, 0.15) is 36.1 Å². The molecule has 2 aromatic carbocycles. The standard InChI is InChI=1S/C19H19ClFNO2/c20-15-9-8-14-18(16(15)21)22-17(11-4-2-1-3-5-11)13-7-6-12(10-23)24-19(13)14/h1-5,8-9,12-13,17,19,22-23H,6-7,10H2/t12-,13+,17+,19+/m1/s1. The van der Waals surface area contributed by atoms with E-state index in [-0.39, 0.29) is 35.8 Å². The number of hydrogen-bond donors (Lipinski definition) is 2. The molecule has 24 heavy (non-hydrogen) atoms. The number of halogens is 2. The summed E-state index contributed by atoms with van der Waals surface area (Å²) < 4.78 is 20.7. The normalized spacial score (nSPS) is 28.6. The van der Waals surface area contributed by atoms with Gasteiger partial charge in [0.1, 0.15) is 0 Å². The number of aliphatic hydroxyl groups excluding tert-OH is 1. The molecule has 0 radical (unpaired) electrons. The molecule has 1 saturated heterocycles. The van der Waals surface area contributed by atoms with Gasteiger partial charge >= 0.3 is 0 Å². The summed E-state index contributed by atoms with van der Waals surface area (Å²) in [6.07, 6.45) is 1.26. The van der Waals surface area contributed by atoms with Crippen LogP contribution in [0.3, 0.4) is 0 Å². The lowest BCUT2D eigenvalue weighted by Gasteiger charge is -2.45. The van der Waals surface area contributed by atoms with E-state index in [4.69, 9.17) is 16.3 Å². The zero-order chi connectivity index (χ0) is 16.7. The lowest BCUT2D eigenvalue weighted by molar-refractivity contribution is -0.110. The Hall–Kier alpha value is -1.62. The molecular weight excluding hydrogens is 329 g/mol. The van der Waals surface area contributed by atoms with E-state index in [0.717, 1.165) is 24.0 Å². The monoisotopic (exact) mass is 347 g/mol. The van der Waals surface area contributed by atoms with Gasteiger partial charge in [-0.15, -0.1) is 0 Å². The van der Waals surface area contributed by atoms with Gasteiger partial charge in [-0.25, -0.2) is 4.39 Å². The van der Waals surface area contributed by atoms with Crippen LogP contribution in [0.25, 0.3) is 0 Å². The quantitative estimate of drug-likeness (QED) is 0.842. The first-order valence-electron chi connectivity index (χ1n) is 8.24. The van der Waals surface area contributed by atoms with Gasteiger partial charge in [-0.3, -0.25) is 0 Å². The van der Waals surface area contributed by atoms with Crippen LogP contribution in [-0.4, -0.2) is 17.8 Å². The minimum Gasteiger partial charge on any atom is -0.394 e. The number of benzene rings is 2. The summed E-state index contributed by atoms with van der Waals surface area (Å²) in [4.78, 5) is 0. The summed E-state index contributed by atoms with van der Waals surface area (Å²) in [6, 6.07) is 13.4. The number of fused-ring (bicyclic) bond motifs is 3. The summed E-state index contributed by atoms with van der Waals surface area (Å²) in [6.45, 7) is -0.0158.